The third kappa shape index (κ3) is 5.31. The van der Waals surface area contributed by atoms with Crippen LogP contribution in [0.25, 0.3) is 0 Å². The fourth-order valence-corrected chi connectivity index (χ4v) is 1.74. The molecule has 0 heterocycles. The summed E-state index contributed by atoms with van der Waals surface area (Å²) in [4.78, 5) is 23.1. The molecule has 2 rings (SSSR count). The first-order valence-corrected chi connectivity index (χ1v) is 6.84. The first kappa shape index (κ1) is 17.3. The van der Waals surface area contributed by atoms with Crippen molar-refractivity contribution < 1.29 is 27.5 Å². The standard InChI is InChI=1S/C16H13F3N2O3/c17-11-3-1-10(2-4-11)7-15(22)20-21-16(23)9-24-14-6-5-12(18)8-13(14)19/h1-6,8H,7,9H2,(H,20,22)(H,21,23). The fourth-order valence-electron chi connectivity index (χ4n) is 1.74. The zero-order chi connectivity index (χ0) is 17.5. The predicted octanol–water partition coefficient (Wildman–Crippen LogP) is 1.87. The Labute approximate surface area is 135 Å². The van der Waals surface area contributed by atoms with Crippen LogP contribution >= 0.6 is 0 Å². The van der Waals surface area contributed by atoms with E-state index in [0.717, 1.165) is 12.1 Å². The van der Waals surface area contributed by atoms with E-state index in [1.165, 1.54) is 24.3 Å². The number of benzene rings is 2. The van der Waals surface area contributed by atoms with Crippen molar-refractivity contribution in [1.29, 1.82) is 0 Å². The molecule has 0 aromatic heterocycles. The lowest BCUT2D eigenvalue weighted by Gasteiger charge is -2.09. The number of hydrazine groups is 1. The topological polar surface area (TPSA) is 67.4 Å². The number of hydrogen-bond acceptors (Lipinski definition) is 3. The number of ether oxygens (including phenoxy) is 1. The lowest BCUT2D eigenvalue weighted by Crippen LogP contribution is -2.44. The van der Waals surface area contributed by atoms with Gasteiger partial charge >= 0.3 is 0 Å². The molecule has 2 amide bonds. The normalized spacial score (nSPS) is 10.1. The van der Waals surface area contributed by atoms with Crippen molar-refractivity contribution >= 4 is 11.8 Å². The molecule has 0 saturated carbocycles. The third-order valence-corrected chi connectivity index (χ3v) is 2.87. The molecule has 0 radical (unpaired) electrons. The summed E-state index contributed by atoms with van der Waals surface area (Å²) in [5.41, 5.74) is 4.78. The van der Waals surface area contributed by atoms with E-state index in [2.05, 4.69) is 10.9 Å². The van der Waals surface area contributed by atoms with E-state index in [4.69, 9.17) is 4.74 Å². The second-order valence-electron chi connectivity index (χ2n) is 4.76. The molecule has 126 valence electrons. The number of carbonyl (C=O) groups excluding carboxylic acids is 2. The van der Waals surface area contributed by atoms with Crippen LogP contribution in [-0.4, -0.2) is 18.4 Å². The smallest absolute Gasteiger partial charge is 0.276 e. The van der Waals surface area contributed by atoms with Gasteiger partial charge in [0, 0.05) is 6.07 Å². The molecule has 5 nitrogen and oxygen atoms in total. The molecule has 0 fully saturated rings. The van der Waals surface area contributed by atoms with Crippen LogP contribution in [0, 0.1) is 17.5 Å². The summed E-state index contributed by atoms with van der Waals surface area (Å²) in [5.74, 6) is -3.67. The zero-order valence-corrected chi connectivity index (χ0v) is 12.3. The molecule has 2 aromatic carbocycles. The summed E-state index contributed by atoms with van der Waals surface area (Å²) in [7, 11) is 0. The van der Waals surface area contributed by atoms with Crippen LogP contribution in [0.4, 0.5) is 13.2 Å². The van der Waals surface area contributed by atoms with Crippen molar-refractivity contribution in [3.05, 3.63) is 65.5 Å². The van der Waals surface area contributed by atoms with E-state index in [9.17, 15) is 22.8 Å². The van der Waals surface area contributed by atoms with Crippen LogP contribution in [0.1, 0.15) is 5.56 Å². The first-order chi connectivity index (χ1) is 11.4. The van der Waals surface area contributed by atoms with Gasteiger partial charge in [-0.15, -0.1) is 0 Å². The second kappa shape index (κ2) is 8.00. The molecular weight excluding hydrogens is 325 g/mol. The Morgan fingerprint density at radius 2 is 1.50 bits per heavy atom. The van der Waals surface area contributed by atoms with Gasteiger partial charge in [-0.05, 0) is 29.8 Å². The van der Waals surface area contributed by atoms with Crippen molar-refractivity contribution in [2.75, 3.05) is 6.61 Å². The first-order valence-electron chi connectivity index (χ1n) is 6.84. The molecule has 2 aromatic rings. The Hall–Kier alpha value is -3.03. The number of amides is 2. The maximum atomic E-state index is 13.3. The molecule has 0 spiro atoms. The van der Waals surface area contributed by atoms with Crippen LogP contribution in [0.2, 0.25) is 0 Å². The van der Waals surface area contributed by atoms with Crippen molar-refractivity contribution in [2.45, 2.75) is 6.42 Å². The highest BCUT2D eigenvalue weighted by atomic mass is 19.1. The van der Waals surface area contributed by atoms with Crippen LogP contribution < -0.4 is 15.6 Å². The zero-order valence-electron chi connectivity index (χ0n) is 12.3. The van der Waals surface area contributed by atoms with Crippen molar-refractivity contribution in [1.82, 2.24) is 10.9 Å². The Balaban J connectivity index is 1.74. The van der Waals surface area contributed by atoms with Gasteiger partial charge in [-0.1, -0.05) is 12.1 Å². The third-order valence-electron chi connectivity index (χ3n) is 2.87. The van der Waals surface area contributed by atoms with Gasteiger partial charge in [-0.2, -0.15) is 0 Å². The summed E-state index contributed by atoms with van der Waals surface area (Å²) in [6.45, 7) is -0.570. The van der Waals surface area contributed by atoms with Gasteiger partial charge < -0.3 is 4.74 Å². The van der Waals surface area contributed by atoms with E-state index >= 15 is 0 Å². The summed E-state index contributed by atoms with van der Waals surface area (Å²) in [6, 6.07) is 7.97. The van der Waals surface area contributed by atoms with Gasteiger partial charge in [0.15, 0.2) is 18.2 Å². The van der Waals surface area contributed by atoms with E-state index in [0.29, 0.717) is 11.6 Å². The number of halogens is 3. The molecule has 2 N–H and O–H groups in total. The molecule has 0 aliphatic heterocycles. The predicted molar refractivity (Wildman–Crippen MR) is 78.2 cm³/mol. The lowest BCUT2D eigenvalue weighted by molar-refractivity contribution is -0.129. The molecule has 0 aliphatic carbocycles. The Morgan fingerprint density at radius 1 is 0.875 bits per heavy atom. The van der Waals surface area contributed by atoms with Gasteiger partial charge in [0.1, 0.15) is 11.6 Å². The maximum Gasteiger partial charge on any atom is 0.276 e. The van der Waals surface area contributed by atoms with Crippen LogP contribution in [0.15, 0.2) is 42.5 Å². The molecule has 0 aliphatic rings. The maximum absolute atomic E-state index is 13.3. The number of nitrogens with one attached hydrogen (secondary N) is 2. The van der Waals surface area contributed by atoms with Gasteiger partial charge in [-0.25, -0.2) is 13.2 Å². The molecule has 8 heteroatoms. The Kier molecular flexibility index (Phi) is 5.78. The highest BCUT2D eigenvalue weighted by Crippen LogP contribution is 2.17. The van der Waals surface area contributed by atoms with Crippen molar-refractivity contribution in [3.8, 4) is 5.75 Å². The lowest BCUT2D eigenvalue weighted by atomic mass is 10.1. The summed E-state index contributed by atoms with van der Waals surface area (Å²) < 4.78 is 43.6. The minimum absolute atomic E-state index is 0.0615. The minimum Gasteiger partial charge on any atom is -0.481 e. The summed E-state index contributed by atoms with van der Waals surface area (Å²) in [5, 5.41) is 0. The summed E-state index contributed by atoms with van der Waals surface area (Å²) >= 11 is 0. The van der Waals surface area contributed by atoms with E-state index < -0.39 is 35.9 Å². The SMILES string of the molecule is O=C(COc1ccc(F)cc1F)NNC(=O)Cc1ccc(F)cc1. The van der Waals surface area contributed by atoms with Crippen molar-refractivity contribution in [3.63, 3.8) is 0 Å². The molecule has 0 saturated heterocycles. The van der Waals surface area contributed by atoms with Crippen LogP contribution in [-0.2, 0) is 16.0 Å². The molecular formula is C16H13F3N2O3. The van der Waals surface area contributed by atoms with Gasteiger partial charge in [0.05, 0.1) is 6.42 Å². The van der Waals surface area contributed by atoms with Gasteiger partial charge in [0.25, 0.3) is 5.91 Å². The fraction of sp³-hybridized carbons (Fsp3) is 0.125. The average molecular weight is 338 g/mol. The van der Waals surface area contributed by atoms with Crippen LogP contribution in [0.3, 0.4) is 0 Å². The van der Waals surface area contributed by atoms with Gasteiger partial charge in [0.2, 0.25) is 5.91 Å². The number of hydrogen-bond donors (Lipinski definition) is 2. The van der Waals surface area contributed by atoms with Crippen LogP contribution in [0.5, 0.6) is 5.75 Å². The molecule has 0 bridgehead atoms. The van der Waals surface area contributed by atoms with E-state index in [-0.39, 0.29) is 12.2 Å². The monoisotopic (exact) mass is 338 g/mol. The number of rotatable bonds is 5. The molecule has 0 atom stereocenters. The minimum atomic E-state index is -0.942. The summed E-state index contributed by atoms with van der Waals surface area (Å²) in [6.07, 6.45) is -0.0615. The molecule has 24 heavy (non-hydrogen) atoms. The Bertz CT molecular complexity index is 736. The average Bonchev–Trinajstić information content (AvgIpc) is 2.54. The highest BCUT2D eigenvalue weighted by Gasteiger charge is 2.09. The van der Waals surface area contributed by atoms with Gasteiger partial charge in [-0.3, -0.25) is 20.4 Å². The van der Waals surface area contributed by atoms with Crippen molar-refractivity contribution in [2.24, 2.45) is 0 Å². The number of carbonyl (C=O) groups is 2. The van der Waals surface area contributed by atoms with E-state index in [1.807, 2.05) is 0 Å². The second-order valence-corrected chi connectivity index (χ2v) is 4.76. The largest absolute Gasteiger partial charge is 0.481 e. The quantitative estimate of drug-likeness (QED) is 0.818. The highest BCUT2D eigenvalue weighted by molar-refractivity contribution is 5.83. The Morgan fingerprint density at radius 3 is 2.17 bits per heavy atom. The molecule has 0 unspecified atom stereocenters. The van der Waals surface area contributed by atoms with E-state index in [1.54, 1.807) is 0 Å².